The smallest absolute Gasteiger partial charge is 0.223 e. The number of hydrogen-bond donors (Lipinski definition) is 2. The number of rotatable bonds is 7. The van der Waals surface area contributed by atoms with Crippen LogP contribution in [-0.4, -0.2) is 61.3 Å². The summed E-state index contributed by atoms with van der Waals surface area (Å²) >= 11 is 1.65. The summed E-state index contributed by atoms with van der Waals surface area (Å²) in [4.78, 5) is 13.4. The lowest BCUT2D eigenvalue weighted by Gasteiger charge is -2.26. The number of carbonyl (C=O) groups excluding carboxylic acids is 1. The van der Waals surface area contributed by atoms with Gasteiger partial charge in [-0.2, -0.15) is 11.8 Å². The Hall–Kier alpha value is -0.310. The monoisotopic (exact) mass is 296 g/mol. The van der Waals surface area contributed by atoms with E-state index in [9.17, 15) is 18.3 Å². The quantitative estimate of drug-likeness (QED) is 0.643. The fourth-order valence-electron chi connectivity index (χ4n) is 2.20. The van der Waals surface area contributed by atoms with Gasteiger partial charge in [-0.1, -0.05) is 0 Å². The number of nitrogens with zero attached hydrogens (tertiary/aromatic N) is 1. The minimum Gasteiger partial charge on any atom is -0.394 e. The van der Waals surface area contributed by atoms with Crippen molar-refractivity contribution in [3.63, 3.8) is 0 Å². The van der Waals surface area contributed by atoms with E-state index in [0.717, 1.165) is 5.75 Å². The Morgan fingerprint density at radius 1 is 1.61 bits per heavy atom. The Bertz CT molecular complexity index is 385. The molecule has 0 aliphatic carbocycles. The van der Waals surface area contributed by atoms with Gasteiger partial charge in [0.25, 0.3) is 0 Å². The van der Waals surface area contributed by atoms with Gasteiger partial charge in [-0.05, 0) is 18.4 Å². The summed E-state index contributed by atoms with van der Waals surface area (Å²) in [6.45, 7) is 0.281. The summed E-state index contributed by atoms with van der Waals surface area (Å²) in [6, 6.07) is -0.213. The van der Waals surface area contributed by atoms with Crippen LogP contribution in [-0.2, 0) is 14.8 Å². The number of carbonyl (C=O) groups is 1. The summed E-state index contributed by atoms with van der Waals surface area (Å²) in [6.07, 6.45) is 2.88. The second kappa shape index (κ2) is 6.74. The van der Waals surface area contributed by atoms with Crippen LogP contribution in [0.2, 0.25) is 0 Å². The molecule has 0 aromatic carbocycles. The highest BCUT2D eigenvalue weighted by molar-refractivity contribution is 7.98. The topological polar surface area (TPSA) is 101 Å². The number of amides is 1. The average molecular weight is 296 g/mol. The molecule has 6 nitrogen and oxygen atoms in total. The molecule has 0 saturated carbocycles. The predicted octanol–water partition coefficient (Wildman–Crippen LogP) is -0.763. The summed E-state index contributed by atoms with van der Waals surface area (Å²) in [5.74, 6) is 0.338. The van der Waals surface area contributed by atoms with Crippen LogP contribution < -0.4 is 5.14 Å². The number of sulfonamides is 1. The van der Waals surface area contributed by atoms with Gasteiger partial charge < -0.3 is 10.0 Å². The predicted molar refractivity (Wildman–Crippen MR) is 71.7 cm³/mol. The molecule has 2 unspecified atom stereocenters. The van der Waals surface area contributed by atoms with Crippen molar-refractivity contribution in [2.45, 2.75) is 18.9 Å². The van der Waals surface area contributed by atoms with Crippen molar-refractivity contribution in [2.75, 3.05) is 30.9 Å². The first kappa shape index (κ1) is 15.7. The van der Waals surface area contributed by atoms with Crippen molar-refractivity contribution in [1.29, 1.82) is 0 Å². The highest BCUT2D eigenvalue weighted by atomic mass is 32.2. The van der Waals surface area contributed by atoms with Crippen LogP contribution in [0.25, 0.3) is 0 Å². The summed E-state index contributed by atoms with van der Waals surface area (Å²) < 4.78 is 22.0. The maximum Gasteiger partial charge on any atom is 0.223 e. The van der Waals surface area contributed by atoms with Crippen molar-refractivity contribution < 1.29 is 18.3 Å². The number of primary sulfonamides is 1. The Balaban J connectivity index is 2.59. The zero-order valence-electron chi connectivity index (χ0n) is 10.4. The van der Waals surface area contributed by atoms with Gasteiger partial charge in [0, 0.05) is 18.9 Å². The van der Waals surface area contributed by atoms with Crippen molar-refractivity contribution in [3.8, 4) is 0 Å². The van der Waals surface area contributed by atoms with E-state index in [1.54, 1.807) is 16.7 Å². The van der Waals surface area contributed by atoms with Crippen LogP contribution >= 0.6 is 11.8 Å². The highest BCUT2D eigenvalue weighted by Gasteiger charge is 2.35. The van der Waals surface area contributed by atoms with Gasteiger partial charge in [0.05, 0.1) is 18.4 Å². The molecule has 0 spiro atoms. The molecule has 3 N–H and O–H groups in total. The molecule has 1 heterocycles. The van der Waals surface area contributed by atoms with E-state index in [4.69, 9.17) is 5.14 Å². The number of aliphatic hydroxyl groups is 1. The maximum atomic E-state index is 11.8. The van der Waals surface area contributed by atoms with Crippen molar-refractivity contribution in [1.82, 2.24) is 4.90 Å². The van der Waals surface area contributed by atoms with E-state index < -0.39 is 10.0 Å². The first-order valence-corrected chi connectivity index (χ1v) is 8.88. The molecule has 1 saturated heterocycles. The first-order valence-electron chi connectivity index (χ1n) is 5.77. The van der Waals surface area contributed by atoms with Gasteiger partial charge in [0.1, 0.15) is 0 Å². The van der Waals surface area contributed by atoms with E-state index in [1.165, 1.54) is 0 Å². The SMILES string of the molecule is CSCCC(CO)N1CC(CS(N)(=O)=O)CC1=O. The van der Waals surface area contributed by atoms with E-state index in [1.807, 2.05) is 6.26 Å². The molecule has 0 radical (unpaired) electrons. The number of likely N-dealkylation sites (tertiary alicyclic amines) is 1. The molecule has 106 valence electrons. The standard InChI is InChI=1S/C10H20N2O4S2/c1-17-3-2-9(6-13)12-5-8(4-10(12)14)7-18(11,15)16/h8-9,13H,2-7H2,1H3,(H2,11,15,16). The Morgan fingerprint density at radius 2 is 2.28 bits per heavy atom. The van der Waals surface area contributed by atoms with Gasteiger partial charge >= 0.3 is 0 Å². The molecule has 2 atom stereocenters. The second-order valence-electron chi connectivity index (χ2n) is 4.56. The van der Waals surface area contributed by atoms with E-state index in [-0.39, 0.29) is 36.6 Å². The van der Waals surface area contributed by atoms with Gasteiger partial charge in [-0.15, -0.1) is 0 Å². The fourth-order valence-corrected chi connectivity index (χ4v) is 3.59. The Labute approximate surface area is 112 Å². The molecular weight excluding hydrogens is 276 g/mol. The van der Waals surface area contributed by atoms with Gasteiger partial charge in [-0.25, -0.2) is 13.6 Å². The summed E-state index contributed by atoms with van der Waals surface area (Å²) in [5.41, 5.74) is 0. The third-order valence-electron chi connectivity index (χ3n) is 3.01. The Kier molecular flexibility index (Phi) is 5.90. The molecule has 1 rings (SSSR count). The molecular formula is C10H20N2O4S2. The van der Waals surface area contributed by atoms with Gasteiger partial charge in [0.15, 0.2) is 0 Å². The third-order valence-corrected chi connectivity index (χ3v) is 4.59. The van der Waals surface area contributed by atoms with Gasteiger partial charge in [-0.3, -0.25) is 4.79 Å². The largest absolute Gasteiger partial charge is 0.394 e. The summed E-state index contributed by atoms with van der Waals surface area (Å²) in [5, 5.41) is 14.3. The average Bonchev–Trinajstić information content (AvgIpc) is 2.58. The number of thioether (sulfide) groups is 1. The van der Waals surface area contributed by atoms with Crippen molar-refractivity contribution in [3.05, 3.63) is 0 Å². The second-order valence-corrected chi connectivity index (χ2v) is 7.21. The van der Waals surface area contributed by atoms with Crippen LogP contribution in [0.4, 0.5) is 0 Å². The summed E-state index contributed by atoms with van der Waals surface area (Å²) in [7, 11) is -3.55. The number of aliphatic hydroxyl groups excluding tert-OH is 1. The molecule has 1 aliphatic heterocycles. The minimum atomic E-state index is -3.55. The number of nitrogens with two attached hydrogens (primary N) is 1. The third kappa shape index (κ3) is 4.75. The van der Waals surface area contributed by atoms with Crippen LogP contribution in [0.15, 0.2) is 0 Å². The van der Waals surface area contributed by atoms with E-state index in [0.29, 0.717) is 13.0 Å². The molecule has 1 fully saturated rings. The lowest BCUT2D eigenvalue weighted by atomic mass is 10.1. The normalized spacial score (nSPS) is 22.5. The fraction of sp³-hybridized carbons (Fsp3) is 0.900. The lowest BCUT2D eigenvalue weighted by molar-refractivity contribution is -0.130. The minimum absolute atomic E-state index is 0.0889. The number of hydrogen-bond acceptors (Lipinski definition) is 5. The molecule has 8 heteroatoms. The zero-order chi connectivity index (χ0) is 13.8. The molecule has 18 heavy (non-hydrogen) atoms. The molecule has 1 aliphatic rings. The van der Waals surface area contributed by atoms with E-state index >= 15 is 0 Å². The molecule has 0 aromatic rings. The molecule has 1 amide bonds. The van der Waals surface area contributed by atoms with Crippen molar-refractivity contribution in [2.24, 2.45) is 11.1 Å². The lowest BCUT2D eigenvalue weighted by Crippen LogP contribution is -2.40. The van der Waals surface area contributed by atoms with Crippen LogP contribution in [0, 0.1) is 5.92 Å². The molecule has 0 aromatic heterocycles. The van der Waals surface area contributed by atoms with E-state index in [2.05, 4.69) is 0 Å². The maximum absolute atomic E-state index is 11.8. The van der Waals surface area contributed by atoms with Gasteiger partial charge in [0.2, 0.25) is 15.9 Å². The first-order chi connectivity index (χ1) is 8.37. The highest BCUT2D eigenvalue weighted by Crippen LogP contribution is 2.22. The Morgan fingerprint density at radius 3 is 2.78 bits per heavy atom. The van der Waals surface area contributed by atoms with Crippen molar-refractivity contribution >= 4 is 27.7 Å². The van der Waals surface area contributed by atoms with Crippen LogP contribution in [0.5, 0.6) is 0 Å². The van der Waals surface area contributed by atoms with Crippen LogP contribution in [0.1, 0.15) is 12.8 Å². The molecule has 0 bridgehead atoms. The van der Waals surface area contributed by atoms with Crippen LogP contribution in [0.3, 0.4) is 0 Å². The zero-order valence-corrected chi connectivity index (χ0v) is 12.0.